The zero-order valence-electron chi connectivity index (χ0n) is 10.1. The SMILES string of the molecule is CCC1(C)C2CC(CC13CC3C)C2C. The van der Waals surface area contributed by atoms with Crippen molar-refractivity contribution in [3.8, 4) is 0 Å². The normalized spacial score (nSPS) is 65.1. The summed E-state index contributed by atoms with van der Waals surface area (Å²) < 4.78 is 0. The van der Waals surface area contributed by atoms with Gasteiger partial charge in [-0.15, -0.1) is 0 Å². The molecule has 4 fully saturated rings. The topological polar surface area (TPSA) is 0 Å². The molecule has 0 saturated heterocycles. The van der Waals surface area contributed by atoms with Gasteiger partial charge in [0.1, 0.15) is 0 Å². The lowest BCUT2D eigenvalue weighted by Gasteiger charge is -2.63. The summed E-state index contributed by atoms with van der Waals surface area (Å²) in [5, 5.41) is 0. The summed E-state index contributed by atoms with van der Waals surface area (Å²) in [6.07, 6.45) is 6.08. The van der Waals surface area contributed by atoms with Gasteiger partial charge in [0.25, 0.3) is 0 Å². The molecule has 0 aromatic heterocycles. The highest BCUT2D eigenvalue weighted by Crippen LogP contribution is 2.78. The van der Waals surface area contributed by atoms with Gasteiger partial charge in [0.2, 0.25) is 0 Å². The molecule has 0 aromatic carbocycles. The largest absolute Gasteiger partial charge is 0.0648 e. The smallest absolute Gasteiger partial charge is 0.0210 e. The van der Waals surface area contributed by atoms with Crippen molar-refractivity contribution in [3.05, 3.63) is 0 Å². The monoisotopic (exact) mass is 192 g/mol. The van der Waals surface area contributed by atoms with Crippen LogP contribution in [0.4, 0.5) is 0 Å². The molecule has 6 atom stereocenters. The van der Waals surface area contributed by atoms with Crippen LogP contribution in [0.15, 0.2) is 0 Å². The fourth-order valence-corrected chi connectivity index (χ4v) is 5.25. The van der Waals surface area contributed by atoms with Crippen molar-refractivity contribution in [2.24, 2.45) is 34.5 Å². The summed E-state index contributed by atoms with van der Waals surface area (Å²) in [6.45, 7) is 10.0. The molecule has 0 aliphatic heterocycles. The number of hydrogen-bond acceptors (Lipinski definition) is 0. The van der Waals surface area contributed by atoms with E-state index in [-0.39, 0.29) is 0 Å². The average Bonchev–Trinajstić information content (AvgIpc) is 2.81. The summed E-state index contributed by atoms with van der Waals surface area (Å²) in [7, 11) is 0. The van der Waals surface area contributed by atoms with Crippen LogP contribution in [0, 0.1) is 34.5 Å². The minimum absolute atomic E-state index is 0.695. The first-order chi connectivity index (χ1) is 6.55. The molecule has 0 radical (unpaired) electrons. The van der Waals surface area contributed by atoms with Crippen LogP contribution in [0.3, 0.4) is 0 Å². The third-order valence-electron chi connectivity index (χ3n) is 6.71. The van der Waals surface area contributed by atoms with Gasteiger partial charge in [-0.2, -0.15) is 0 Å². The minimum atomic E-state index is 0.695. The van der Waals surface area contributed by atoms with E-state index < -0.39 is 0 Å². The third kappa shape index (κ3) is 0.750. The van der Waals surface area contributed by atoms with E-state index in [1.807, 2.05) is 0 Å². The maximum atomic E-state index is 2.60. The van der Waals surface area contributed by atoms with Gasteiger partial charge in [0.05, 0.1) is 0 Å². The molecule has 2 bridgehead atoms. The predicted octanol–water partition coefficient (Wildman–Crippen LogP) is 4.10. The van der Waals surface area contributed by atoms with Crippen LogP contribution >= 0.6 is 0 Å². The van der Waals surface area contributed by atoms with Crippen molar-refractivity contribution >= 4 is 0 Å². The molecule has 80 valence electrons. The van der Waals surface area contributed by atoms with Gasteiger partial charge in [-0.05, 0) is 60.2 Å². The van der Waals surface area contributed by atoms with Gasteiger partial charge in [-0.25, -0.2) is 0 Å². The zero-order chi connectivity index (χ0) is 10.1. The molecule has 6 unspecified atom stereocenters. The Hall–Kier alpha value is 0. The van der Waals surface area contributed by atoms with E-state index in [0.717, 1.165) is 29.1 Å². The second-order valence-corrected chi connectivity index (χ2v) is 6.70. The van der Waals surface area contributed by atoms with E-state index in [1.54, 1.807) is 12.8 Å². The average molecular weight is 192 g/mol. The lowest BCUT2D eigenvalue weighted by molar-refractivity contribution is -0.145. The van der Waals surface area contributed by atoms with Crippen molar-refractivity contribution in [2.45, 2.75) is 53.4 Å². The summed E-state index contributed by atoms with van der Waals surface area (Å²) in [6, 6.07) is 0. The Bertz CT molecular complexity index is 269. The summed E-state index contributed by atoms with van der Waals surface area (Å²) in [4.78, 5) is 0. The first-order valence-electron chi connectivity index (χ1n) is 6.55. The molecule has 4 rings (SSSR count). The Morgan fingerprint density at radius 2 is 1.86 bits per heavy atom. The summed E-state index contributed by atoms with van der Waals surface area (Å²) in [5.74, 6) is 4.24. The van der Waals surface area contributed by atoms with E-state index in [0.29, 0.717) is 5.41 Å². The number of hydrogen-bond donors (Lipinski definition) is 0. The van der Waals surface area contributed by atoms with Crippen molar-refractivity contribution in [1.29, 1.82) is 0 Å². The maximum Gasteiger partial charge on any atom is -0.0210 e. The van der Waals surface area contributed by atoms with E-state index >= 15 is 0 Å². The summed E-state index contributed by atoms with van der Waals surface area (Å²) in [5.41, 5.74) is 1.49. The molecule has 0 heterocycles. The first kappa shape index (κ1) is 9.24. The Kier molecular flexibility index (Phi) is 1.58. The van der Waals surface area contributed by atoms with Gasteiger partial charge in [0.15, 0.2) is 0 Å². The molecule has 14 heavy (non-hydrogen) atoms. The van der Waals surface area contributed by atoms with Crippen molar-refractivity contribution < 1.29 is 0 Å². The molecule has 0 amide bonds. The highest BCUT2D eigenvalue weighted by Gasteiger charge is 2.71. The molecule has 0 N–H and O–H groups in total. The fraction of sp³-hybridized carbons (Fsp3) is 1.00. The summed E-state index contributed by atoms with van der Waals surface area (Å²) >= 11 is 0. The predicted molar refractivity (Wildman–Crippen MR) is 60.0 cm³/mol. The Morgan fingerprint density at radius 3 is 2.29 bits per heavy atom. The van der Waals surface area contributed by atoms with E-state index in [1.165, 1.54) is 12.8 Å². The molecular weight excluding hydrogens is 168 g/mol. The molecular formula is C14H24. The van der Waals surface area contributed by atoms with Gasteiger partial charge in [-0.1, -0.05) is 27.7 Å². The Morgan fingerprint density at radius 1 is 1.21 bits per heavy atom. The second kappa shape index (κ2) is 2.39. The molecule has 0 aromatic rings. The van der Waals surface area contributed by atoms with E-state index in [4.69, 9.17) is 0 Å². The quantitative estimate of drug-likeness (QED) is 0.586. The molecule has 1 spiro atoms. The molecule has 0 nitrogen and oxygen atoms in total. The number of rotatable bonds is 1. The van der Waals surface area contributed by atoms with Crippen LogP contribution in [-0.4, -0.2) is 0 Å². The van der Waals surface area contributed by atoms with Crippen LogP contribution in [0.5, 0.6) is 0 Å². The highest BCUT2D eigenvalue weighted by molar-refractivity contribution is 5.19. The zero-order valence-corrected chi connectivity index (χ0v) is 10.1. The Labute approximate surface area is 88.5 Å². The van der Waals surface area contributed by atoms with Crippen molar-refractivity contribution in [2.75, 3.05) is 0 Å². The van der Waals surface area contributed by atoms with Gasteiger partial charge < -0.3 is 0 Å². The standard InChI is InChI=1S/C14H24/c1-5-13(4)12-6-11(10(12)3)8-14(13)7-9(14)2/h9-12H,5-8H2,1-4H3. The first-order valence-corrected chi connectivity index (χ1v) is 6.55. The van der Waals surface area contributed by atoms with Crippen LogP contribution in [-0.2, 0) is 0 Å². The van der Waals surface area contributed by atoms with Crippen molar-refractivity contribution in [3.63, 3.8) is 0 Å². The molecule has 4 aliphatic rings. The lowest BCUT2D eigenvalue weighted by atomic mass is 9.42. The van der Waals surface area contributed by atoms with Crippen LogP contribution in [0.1, 0.15) is 53.4 Å². The minimum Gasteiger partial charge on any atom is -0.0648 e. The Balaban J connectivity index is 1.96. The van der Waals surface area contributed by atoms with E-state index in [2.05, 4.69) is 27.7 Å². The molecule has 4 saturated carbocycles. The van der Waals surface area contributed by atoms with Gasteiger partial charge in [0, 0.05) is 0 Å². The fourth-order valence-electron chi connectivity index (χ4n) is 5.25. The highest BCUT2D eigenvalue weighted by atomic mass is 14.8. The molecule has 0 heteroatoms. The van der Waals surface area contributed by atoms with E-state index in [9.17, 15) is 0 Å². The lowest BCUT2D eigenvalue weighted by Crippen LogP contribution is -2.56. The van der Waals surface area contributed by atoms with Crippen molar-refractivity contribution in [1.82, 2.24) is 0 Å². The van der Waals surface area contributed by atoms with Gasteiger partial charge >= 0.3 is 0 Å². The maximum absolute atomic E-state index is 2.60. The van der Waals surface area contributed by atoms with Gasteiger partial charge in [-0.3, -0.25) is 0 Å². The second-order valence-electron chi connectivity index (χ2n) is 6.70. The molecule has 4 aliphatic carbocycles. The van der Waals surface area contributed by atoms with Crippen LogP contribution in [0.25, 0.3) is 0 Å². The van der Waals surface area contributed by atoms with Crippen LogP contribution in [0.2, 0.25) is 0 Å². The van der Waals surface area contributed by atoms with Crippen LogP contribution < -0.4 is 0 Å². The third-order valence-corrected chi connectivity index (χ3v) is 6.71.